The molecule has 0 unspecified atom stereocenters. The van der Waals surface area contributed by atoms with Crippen molar-refractivity contribution in [2.45, 2.75) is 78.6 Å². The molecular formula is C48H58ClF3N8O5S3. The van der Waals surface area contributed by atoms with E-state index in [-0.39, 0.29) is 11.0 Å². The molecule has 0 aromatic heterocycles. The monoisotopic (exact) mass is 1010 g/mol. The maximum atomic E-state index is 14.2. The number of anilines is 2. The highest BCUT2D eigenvalue weighted by Crippen LogP contribution is 2.43. The fraction of sp³-hybridized carbons (Fsp3) is 0.438. The van der Waals surface area contributed by atoms with Crippen molar-refractivity contribution in [1.29, 1.82) is 0 Å². The predicted octanol–water partition coefficient (Wildman–Crippen LogP) is 10.5. The molecule has 13 nitrogen and oxygen atoms in total. The molecule has 1 fully saturated rings. The molecule has 1 heterocycles. The van der Waals surface area contributed by atoms with Gasteiger partial charge in [0.2, 0.25) is 0 Å². The van der Waals surface area contributed by atoms with Gasteiger partial charge < -0.3 is 15.1 Å². The van der Waals surface area contributed by atoms with E-state index in [0.29, 0.717) is 49.3 Å². The van der Waals surface area contributed by atoms with Crippen LogP contribution in [0.1, 0.15) is 68.3 Å². The van der Waals surface area contributed by atoms with E-state index in [1.165, 1.54) is 40.6 Å². The fourth-order valence-corrected chi connectivity index (χ4v) is 11.6. The number of amides is 1. The van der Waals surface area contributed by atoms with Crippen molar-refractivity contribution in [3.63, 3.8) is 0 Å². The molecule has 68 heavy (non-hydrogen) atoms. The third-order valence-electron chi connectivity index (χ3n) is 12.3. The van der Waals surface area contributed by atoms with Crippen LogP contribution >= 0.6 is 23.4 Å². The summed E-state index contributed by atoms with van der Waals surface area (Å²) in [6.45, 7) is 10.1. The molecule has 0 spiro atoms. The van der Waals surface area contributed by atoms with E-state index in [1.807, 2.05) is 59.1 Å². The first-order valence-electron chi connectivity index (χ1n) is 22.5. The second kappa shape index (κ2) is 23.2. The number of carbonyl (C=O) groups is 1. The summed E-state index contributed by atoms with van der Waals surface area (Å²) in [5.41, 5.74) is 7.40. The number of azide groups is 1. The number of hydrogen-bond acceptors (Lipinski definition) is 11. The molecule has 20 heteroatoms. The summed E-state index contributed by atoms with van der Waals surface area (Å²) in [7, 11) is -9.08. The minimum absolute atomic E-state index is 0.0154. The van der Waals surface area contributed by atoms with Crippen LogP contribution in [0.4, 0.5) is 24.5 Å². The summed E-state index contributed by atoms with van der Waals surface area (Å²) >= 11 is 7.61. The van der Waals surface area contributed by atoms with E-state index in [2.05, 4.69) is 51.1 Å². The lowest BCUT2D eigenvalue weighted by atomic mass is 9.73. The number of piperazine rings is 1. The summed E-state index contributed by atoms with van der Waals surface area (Å²) < 4.78 is 98.0. The van der Waals surface area contributed by atoms with Crippen molar-refractivity contribution in [3.8, 4) is 0 Å². The third-order valence-corrected chi connectivity index (χ3v) is 16.5. The first kappa shape index (κ1) is 52.6. The number of hydrogen-bond donors (Lipinski definition) is 2. The molecule has 4 aromatic carbocycles. The minimum atomic E-state index is -6.09. The highest BCUT2D eigenvalue weighted by atomic mass is 35.5. The predicted molar refractivity (Wildman–Crippen MR) is 265 cm³/mol. The standard InChI is InChI=1S/C48H58ClF3N8O5S3/c1-47(2)23-21-43(35-11-15-38(49)16-12-35)37(32-47)33-59-27-29-60(30-28-59)40-17-13-36(14-18-40)46(61)56-68(64,65)42-19-20-44(45(31-42)67(62,63)48(50,51)52)55-39(34-66-41-9-5-4-6-10-41)22-26-58(3)25-8-7-24-54-57-53/h4-6,9-20,31,39,55H,7-8,21-30,32-34H2,1-3H3,(H,56,61)/t39-/m1/s1. The molecule has 0 radical (unpaired) electrons. The number of unbranched alkanes of at least 4 members (excludes halogenated alkanes) is 1. The van der Waals surface area contributed by atoms with E-state index >= 15 is 0 Å². The number of rotatable bonds is 21. The fourth-order valence-electron chi connectivity index (χ4n) is 8.43. The van der Waals surface area contributed by atoms with Gasteiger partial charge in [-0.05, 0) is 147 Å². The van der Waals surface area contributed by atoms with E-state index in [9.17, 15) is 34.8 Å². The van der Waals surface area contributed by atoms with Crippen LogP contribution in [0.5, 0.6) is 0 Å². The number of nitrogens with zero attached hydrogens (tertiary/aromatic N) is 6. The zero-order chi connectivity index (χ0) is 49.1. The molecular weight excluding hydrogens is 957 g/mol. The van der Waals surface area contributed by atoms with Crippen molar-refractivity contribution in [2.75, 3.05) is 75.4 Å². The van der Waals surface area contributed by atoms with Gasteiger partial charge in [0.05, 0.1) is 10.6 Å². The van der Waals surface area contributed by atoms with E-state index < -0.39 is 52.8 Å². The number of nitrogens with one attached hydrogen (secondary N) is 2. The van der Waals surface area contributed by atoms with Crippen LogP contribution in [-0.4, -0.2) is 109 Å². The van der Waals surface area contributed by atoms with Gasteiger partial charge in [-0.2, -0.15) is 13.2 Å². The lowest BCUT2D eigenvalue weighted by molar-refractivity contribution is -0.0435. The Bertz CT molecular complexity index is 2660. The molecule has 2 N–H and O–H groups in total. The first-order chi connectivity index (χ1) is 32.2. The third kappa shape index (κ3) is 14.4. The van der Waals surface area contributed by atoms with Gasteiger partial charge in [-0.1, -0.05) is 66.5 Å². The van der Waals surface area contributed by atoms with Gasteiger partial charge in [0, 0.05) is 77.1 Å². The number of carbonyl (C=O) groups excluding carboxylic acids is 1. The minimum Gasteiger partial charge on any atom is -0.380 e. The summed E-state index contributed by atoms with van der Waals surface area (Å²) in [5.74, 6) is -0.710. The summed E-state index contributed by atoms with van der Waals surface area (Å²) in [6, 6.07) is 25.5. The molecule has 1 saturated heterocycles. The first-order valence-corrected chi connectivity index (χ1v) is 26.8. The molecule has 4 aromatic rings. The molecule has 0 bridgehead atoms. The van der Waals surface area contributed by atoms with Crippen LogP contribution in [0.2, 0.25) is 5.02 Å². The Morgan fingerprint density at radius 3 is 2.29 bits per heavy atom. The maximum Gasteiger partial charge on any atom is 0.501 e. The Hall–Kier alpha value is -4.75. The molecule has 1 aliphatic carbocycles. The van der Waals surface area contributed by atoms with Crippen molar-refractivity contribution < 1.29 is 34.8 Å². The number of halogens is 4. The van der Waals surface area contributed by atoms with Gasteiger partial charge in [0.1, 0.15) is 4.90 Å². The van der Waals surface area contributed by atoms with Gasteiger partial charge in [-0.25, -0.2) is 21.6 Å². The summed E-state index contributed by atoms with van der Waals surface area (Å²) in [5, 5.41) is 7.21. The average molecular weight is 1020 g/mol. The second-order valence-corrected chi connectivity index (χ2v) is 23.1. The smallest absolute Gasteiger partial charge is 0.380 e. The van der Waals surface area contributed by atoms with Crippen LogP contribution in [-0.2, 0) is 19.9 Å². The van der Waals surface area contributed by atoms with Gasteiger partial charge in [-0.15, -0.1) is 11.8 Å². The highest BCUT2D eigenvalue weighted by Gasteiger charge is 2.48. The molecule has 366 valence electrons. The number of alkyl halides is 3. The Morgan fingerprint density at radius 1 is 0.941 bits per heavy atom. The SMILES string of the molecule is CN(CCCCN=[N+]=[N-])CC[C@H](CSc1ccccc1)Nc1ccc(S(=O)(=O)NC(=O)c2ccc(N3CCN(CC4=C(c5ccc(Cl)cc5)CCC(C)(C)C4)CC3)cc2)cc1S(=O)(=O)C(F)(F)F. The van der Waals surface area contributed by atoms with Crippen molar-refractivity contribution in [3.05, 3.63) is 129 Å². The van der Waals surface area contributed by atoms with Gasteiger partial charge >= 0.3 is 5.51 Å². The van der Waals surface area contributed by atoms with Crippen molar-refractivity contribution in [1.82, 2.24) is 14.5 Å². The number of sulfonamides is 1. The quantitative estimate of drug-likeness (QED) is 0.0269. The molecule has 0 saturated carbocycles. The van der Waals surface area contributed by atoms with Crippen LogP contribution in [0, 0.1) is 5.41 Å². The number of thioether (sulfide) groups is 1. The highest BCUT2D eigenvalue weighted by molar-refractivity contribution is 7.99. The van der Waals surface area contributed by atoms with Crippen LogP contribution in [0.15, 0.2) is 122 Å². The Balaban J connectivity index is 1.12. The maximum absolute atomic E-state index is 14.2. The average Bonchev–Trinajstić information content (AvgIpc) is 3.30. The zero-order valence-corrected chi connectivity index (χ0v) is 41.6. The number of benzene rings is 4. The topological polar surface area (TPSA) is 168 Å². The van der Waals surface area contributed by atoms with E-state index in [1.54, 1.807) is 12.1 Å². The molecule has 2 aliphatic rings. The Labute approximate surface area is 407 Å². The van der Waals surface area contributed by atoms with Crippen molar-refractivity contribution in [2.24, 2.45) is 10.5 Å². The largest absolute Gasteiger partial charge is 0.501 e. The second-order valence-electron chi connectivity index (χ2n) is 18.0. The summed E-state index contributed by atoms with van der Waals surface area (Å²) in [6.07, 6.45) is 4.93. The van der Waals surface area contributed by atoms with Gasteiger partial charge in [0.25, 0.3) is 25.8 Å². The molecule has 6 rings (SSSR count). The molecule has 1 aliphatic heterocycles. The van der Waals surface area contributed by atoms with Crippen molar-refractivity contribution >= 4 is 66.1 Å². The lowest BCUT2D eigenvalue weighted by Gasteiger charge is -2.39. The lowest BCUT2D eigenvalue weighted by Crippen LogP contribution is -2.47. The molecule has 1 atom stereocenters. The van der Waals surface area contributed by atoms with Crippen LogP contribution < -0.4 is 14.9 Å². The van der Waals surface area contributed by atoms with E-state index in [0.717, 1.165) is 81.1 Å². The number of allylic oxidation sites excluding steroid dienone is 1. The van der Waals surface area contributed by atoms with Gasteiger partial charge in [-0.3, -0.25) is 9.69 Å². The van der Waals surface area contributed by atoms with Gasteiger partial charge in [0.15, 0.2) is 0 Å². The summed E-state index contributed by atoms with van der Waals surface area (Å²) in [4.78, 5) is 21.5. The Kier molecular flexibility index (Phi) is 18.0. The van der Waals surface area contributed by atoms with Crippen LogP contribution in [0.25, 0.3) is 16.0 Å². The Morgan fingerprint density at radius 2 is 1.63 bits per heavy atom. The number of sulfone groups is 1. The zero-order valence-electron chi connectivity index (χ0n) is 38.4. The molecule has 1 amide bonds. The van der Waals surface area contributed by atoms with Crippen LogP contribution in [0.3, 0.4) is 0 Å². The van der Waals surface area contributed by atoms with E-state index in [4.69, 9.17) is 17.1 Å². The normalized spacial score (nSPS) is 16.3.